The summed E-state index contributed by atoms with van der Waals surface area (Å²) < 4.78 is 18.0. The fourth-order valence-corrected chi connectivity index (χ4v) is 4.48. The summed E-state index contributed by atoms with van der Waals surface area (Å²) in [7, 11) is -1.79. The zero-order valence-corrected chi connectivity index (χ0v) is 13.6. The van der Waals surface area contributed by atoms with E-state index < -0.39 is 37.3 Å². The number of aliphatic hydroxyl groups is 1. The Labute approximate surface area is 137 Å². The number of hydrogen-bond donors (Lipinski definition) is 2. The third-order valence-corrected chi connectivity index (χ3v) is 5.65. The van der Waals surface area contributed by atoms with Crippen LogP contribution in [-0.2, 0) is 13.8 Å². The van der Waals surface area contributed by atoms with E-state index in [-0.39, 0.29) is 17.8 Å². The molecule has 2 saturated heterocycles. The van der Waals surface area contributed by atoms with Gasteiger partial charge in [0.25, 0.3) is 0 Å². The molecule has 1 aromatic carbocycles. The molecule has 4 rings (SSSR count). The van der Waals surface area contributed by atoms with Crippen LogP contribution in [0.3, 0.4) is 0 Å². The van der Waals surface area contributed by atoms with Crippen molar-refractivity contribution in [1.29, 1.82) is 0 Å². The van der Waals surface area contributed by atoms with Crippen LogP contribution in [0, 0.1) is 10.1 Å². The number of hydrogen-bond acceptors (Lipinski definition) is 8. The molecule has 2 aliphatic heterocycles. The number of nitro benzene ring substituents is 1. The van der Waals surface area contributed by atoms with Gasteiger partial charge in [0.1, 0.15) is 0 Å². The van der Waals surface area contributed by atoms with Crippen molar-refractivity contribution in [1.82, 2.24) is 9.55 Å². The Morgan fingerprint density at radius 3 is 3.04 bits per heavy atom. The predicted molar refractivity (Wildman–Crippen MR) is 86.2 cm³/mol. The Kier molecular flexibility index (Phi) is 3.61. The van der Waals surface area contributed by atoms with Crippen molar-refractivity contribution in [3.05, 3.63) is 34.6 Å². The Morgan fingerprint density at radius 1 is 1.50 bits per heavy atom. The fourth-order valence-electron chi connectivity index (χ4n) is 3.14. The summed E-state index contributed by atoms with van der Waals surface area (Å²) in [5.41, 5.74) is 0.564. The number of rotatable bonds is 2. The van der Waals surface area contributed by atoms with Crippen molar-refractivity contribution in [3.63, 3.8) is 0 Å². The summed E-state index contributed by atoms with van der Waals surface area (Å²) in [5, 5.41) is 21.7. The first-order chi connectivity index (χ1) is 11.4. The molecule has 2 aliphatic rings. The number of aromatic nitrogens is 2. The third kappa shape index (κ3) is 2.41. The Bertz CT molecular complexity index is 815. The van der Waals surface area contributed by atoms with E-state index in [1.54, 1.807) is 12.1 Å². The van der Waals surface area contributed by atoms with E-state index in [0.29, 0.717) is 5.52 Å². The number of aliphatic hydroxyl groups excluding tert-OH is 1. The second-order valence-corrected chi connectivity index (χ2v) is 8.22. The molecule has 1 aromatic heterocycles. The van der Waals surface area contributed by atoms with Gasteiger partial charge in [-0.3, -0.25) is 0 Å². The summed E-state index contributed by atoms with van der Waals surface area (Å²) in [6.45, 7) is 0.115. The van der Waals surface area contributed by atoms with E-state index in [0.717, 1.165) is 0 Å². The van der Waals surface area contributed by atoms with Gasteiger partial charge in [0.15, 0.2) is 0 Å². The maximum absolute atomic E-state index is 11.1. The van der Waals surface area contributed by atoms with Crippen molar-refractivity contribution in [2.45, 2.75) is 24.5 Å². The molecule has 128 valence electrons. The molecular weight excluding hydrogens is 340 g/mol. The third-order valence-electron chi connectivity index (χ3n) is 4.23. The van der Waals surface area contributed by atoms with Gasteiger partial charge in [-0.2, -0.15) is 0 Å². The van der Waals surface area contributed by atoms with Crippen molar-refractivity contribution >= 4 is 32.1 Å². The van der Waals surface area contributed by atoms with Crippen LogP contribution >= 0.6 is 7.82 Å². The van der Waals surface area contributed by atoms with E-state index in [4.69, 9.17) is 13.8 Å². The first-order valence-corrected chi connectivity index (χ1v) is 9.61. The Balaban J connectivity index is 1.71. The number of nitro groups is 1. The number of benzene rings is 1. The number of nitrogens with zero attached hydrogens (tertiary/aromatic N) is 3. The van der Waals surface area contributed by atoms with Crippen LogP contribution in [0.1, 0.15) is 6.23 Å². The minimum absolute atomic E-state index is 0.115. The number of imidazole rings is 1. The van der Waals surface area contributed by atoms with Crippen LogP contribution in [-0.4, -0.2) is 57.0 Å². The number of non-ortho nitro benzene ring substituents is 1. The molecule has 24 heavy (non-hydrogen) atoms. The topological polar surface area (TPSA) is 129 Å². The molecule has 12 heteroatoms. The fraction of sp³-hybridized carbons (Fsp3) is 0.417. The molecule has 0 radical (unpaired) electrons. The van der Waals surface area contributed by atoms with Gasteiger partial charge < -0.3 is 0 Å². The van der Waals surface area contributed by atoms with Crippen LogP contribution in [0.15, 0.2) is 24.5 Å². The van der Waals surface area contributed by atoms with Crippen molar-refractivity contribution in [3.8, 4) is 0 Å². The monoisotopic (exact) mass is 355 g/mol. The number of fused-ring (bicyclic) bond motifs is 2. The Hall–Kier alpha value is -1.62. The van der Waals surface area contributed by atoms with Crippen molar-refractivity contribution in [2.75, 3.05) is 6.61 Å². The van der Waals surface area contributed by atoms with Crippen molar-refractivity contribution < 1.29 is 28.7 Å². The molecule has 3 heterocycles. The van der Waals surface area contributed by atoms with Gasteiger partial charge >= 0.3 is 136 Å². The summed E-state index contributed by atoms with van der Waals surface area (Å²) in [6, 6.07) is 4.57. The second-order valence-electron chi connectivity index (χ2n) is 5.90. The molecule has 0 spiro atoms. The molecular formula is C12H15BN3O7P. The quantitative estimate of drug-likeness (QED) is 0.324. The van der Waals surface area contributed by atoms with E-state index in [1.165, 1.54) is 24.5 Å². The molecule has 2 N–H and O–H groups in total. The second kappa shape index (κ2) is 5.45. The van der Waals surface area contributed by atoms with E-state index >= 15 is 0 Å². The molecule has 2 aromatic rings. The summed E-state index contributed by atoms with van der Waals surface area (Å²) in [5.74, 6) is 0. The molecule has 0 amide bonds. The van der Waals surface area contributed by atoms with Gasteiger partial charge in [0.05, 0.1) is 0 Å². The average molecular weight is 355 g/mol. The molecule has 4 atom stereocenters. The maximum atomic E-state index is 11.1. The first-order valence-electron chi connectivity index (χ1n) is 7.35. The van der Waals surface area contributed by atoms with Crippen LogP contribution < -0.4 is 0 Å². The average Bonchev–Trinajstić information content (AvgIpc) is 3.08. The minimum atomic E-state index is -3.26. The van der Waals surface area contributed by atoms with Gasteiger partial charge in [-0.15, -0.1) is 0 Å². The van der Waals surface area contributed by atoms with E-state index in [2.05, 4.69) is 4.98 Å². The summed E-state index contributed by atoms with van der Waals surface area (Å²) in [4.78, 5) is 24.6. The zero-order chi connectivity index (χ0) is 17.1. The molecule has 10 nitrogen and oxygen atoms in total. The van der Waals surface area contributed by atoms with Gasteiger partial charge in [0, 0.05) is 0 Å². The molecule has 2 fully saturated rings. The van der Waals surface area contributed by atoms with Crippen molar-refractivity contribution in [2.24, 2.45) is 0 Å². The molecule has 0 saturated carbocycles. The molecule has 0 unspecified atom stereocenters. The molecule has 0 bridgehead atoms. The number of ether oxygens (including phenoxy) is 1. The van der Waals surface area contributed by atoms with Gasteiger partial charge in [-0.05, 0) is 0 Å². The SMILES string of the molecule is B[PH]1(O)OC[C@H]2O[C@@H](n3cnc4c([N+](=O)[O-])cccc43)[C@@H](O)[C@H]2O1. The van der Waals surface area contributed by atoms with Crippen LogP contribution in [0.25, 0.3) is 11.0 Å². The van der Waals surface area contributed by atoms with Crippen LogP contribution in [0.5, 0.6) is 0 Å². The first kappa shape index (κ1) is 15.9. The van der Waals surface area contributed by atoms with Gasteiger partial charge in [-0.1, -0.05) is 0 Å². The van der Waals surface area contributed by atoms with E-state index in [1.807, 2.05) is 0 Å². The van der Waals surface area contributed by atoms with Gasteiger partial charge in [0.2, 0.25) is 0 Å². The summed E-state index contributed by atoms with van der Waals surface area (Å²) in [6.07, 6.45) is -1.76. The van der Waals surface area contributed by atoms with Crippen LogP contribution in [0.2, 0.25) is 0 Å². The standard InChI is InChI=1S/C12H15BN3O7P/c13-24(20)21-4-8-11(23-24)10(17)12(22-8)15-5-14-9-6(15)2-1-3-7(9)16(18)19/h1-3,5,8,10-12,17,20,24H,4,13H2/t8-,10+,11+,12-/m1/s1. The number of para-hydroxylation sites is 1. The normalized spacial score (nSPS) is 33.2. The van der Waals surface area contributed by atoms with Crippen LogP contribution in [0.4, 0.5) is 5.69 Å². The summed E-state index contributed by atoms with van der Waals surface area (Å²) >= 11 is 0. The molecule has 0 aliphatic carbocycles. The predicted octanol–water partition coefficient (Wildman–Crippen LogP) is -0.347. The van der Waals surface area contributed by atoms with E-state index in [9.17, 15) is 20.1 Å². The van der Waals surface area contributed by atoms with Gasteiger partial charge in [-0.25, -0.2) is 0 Å². The zero-order valence-electron chi connectivity index (χ0n) is 12.6. The Morgan fingerprint density at radius 2 is 2.29 bits per heavy atom.